The predicted octanol–water partition coefficient (Wildman–Crippen LogP) is 2.27. The smallest absolute Gasteiger partial charge is 0.239 e. The number of halogens is 1. The lowest BCUT2D eigenvalue weighted by atomic mass is 10.1. The van der Waals surface area contributed by atoms with Gasteiger partial charge in [0.1, 0.15) is 0 Å². The van der Waals surface area contributed by atoms with Crippen LogP contribution in [-0.2, 0) is 11.3 Å². The second-order valence-electron chi connectivity index (χ2n) is 5.83. The molecule has 0 unspecified atom stereocenters. The van der Waals surface area contributed by atoms with Gasteiger partial charge in [-0.15, -0.1) is 24.0 Å². The molecule has 1 aromatic carbocycles. The minimum atomic E-state index is -0.224. The van der Waals surface area contributed by atoms with Crippen LogP contribution < -0.4 is 16.0 Å². The Balaban J connectivity index is 0.00000441. The number of benzene rings is 1. The van der Waals surface area contributed by atoms with Crippen molar-refractivity contribution in [3.8, 4) is 0 Å². The van der Waals surface area contributed by atoms with Gasteiger partial charge in [0, 0.05) is 12.1 Å². The van der Waals surface area contributed by atoms with Crippen LogP contribution in [0.3, 0.4) is 0 Å². The number of carbonyl (C=O) groups excluding carboxylic acids is 1. The Morgan fingerprint density at radius 2 is 1.77 bits per heavy atom. The predicted molar refractivity (Wildman–Crippen MR) is 103 cm³/mol. The Hall–Kier alpha value is -1.31. The summed E-state index contributed by atoms with van der Waals surface area (Å²) < 4.78 is 0. The van der Waals surface area contributed by atoms with Crippen molar-refractivity contribution in [1.29, 1.82) is 0 Å². The third-order valence-corrected chi connectivity index (χ3v) is 2.54. The summed E-state index contributed by atoms with van der Waals surface area (Å²) in [7, 11) is 0. The molecule has 22 heavy (non-hydrogen) atoms. The van der Waals surface area contributed by atoms with Crippen LogP contribution in [0.2, 0.25) is 0 Å². The zero-order valence-corrected chi connectivity index (χ0v) is 16.1. The second-order valence-corrected chi connectivity index (χ2v) is 5.83. The van der Waals surface area contributed by atoms with Gasteiger partial charge in [0.25, 0.3) is 0 Å². The van der Waals surface area contributed by atoms with Crippen molar-refractivity contribution < 1.29 is 4.79 Å². The van der Waals surface area contributed by atoms with E-state index in [1.807, 2.05) is 58.0 Å². The Bertz CT molecular complexity index is 469. The lowest BCUT2D eigenvalue weighted by Crippen LogP contribution is -2.48. The fourth-order valence-electron chi connectivity index (χ4n) is 1.72. The third kappa shape index (κ3) is 9.59. The van der Waals surface area contributed by atoms with Crippen molar-refractivity contribution in [3.63, 3.8) is 0 Å². The number of amides is 1. The molecule has 0 saturated carbocycles. The monoisotopic (exact) mass is 418 g/mol. The molecular formula is C16H27IN4O. The number of nitrogens with zero attached hydrogens (tertiary/aromatic N) is 1. The largest absolute Gasteiger partial charge is 0.357 e. The maximum atomic E-state index is 11.8. The maximum absolute atomic E-state index is 11.8. The van der Waals surface area contributed by atoms with E-state index in [-0.39, 0.29) is 42.0 Å². The van der Waals surface area contributed by atoms with Crippen molar-refractivity contribution in [2.75, 3.05) is 13.1 Å². The molecule has 1 amide bonds. The molecule has 0 radical (unpaired) electrons. The molecule has 0 aliphatic carbocycles. The molecule has 0 aromatic heterocycles. The van der Waals surface area contributed by atoms with E-state index in [9.17, 15) is 4.79 Å². The normalized spacial score (nSPS) is 11.4. The number of guanidine groups is 1. The molecule has 0 spiro atoms. The third-order valence-electron chi connectivity index (χ3n) is 2.54. The first-order chi connectivity index (χ1) is 9.90. The molecule has 0 fully saturated rings. The molecule has 0 aliphatic rings. The van der Waals surface area contributed by atoms with E-state index in [0.29, 0.717) is 12.5 Å². The van der Waals surface area contributed by atoms with Gasteiger partial charge in [-0.05, 0) is 33.3 Å². The van der Waals surface area contributed by atoms with E-state index < -0.39 is 0 Å². The molecule has 3 N–H and O–H groups in total. The standard InChI is InChI=1S/C16H26N4O.HI/c1-5-17-15(18-11-13-9-7-6-8-10-13)19-12-14(21)20-16(2,3)4;/h6-10H,5,11-12H2,1-4H3,(H,20,21)(H2,17,18,19);1H. The van der Waals surface area contributed by atoms with Gasteiger partial charge in [-0.1, -0.05) is 30.3 Å². The second kappa shape index (κ2) is 10.4. The number of aliphatic imine (C=N–C) groups is 1. The molecule has 6 heteroatoms. The van der Waals surface area contributed by atoms with Crippen LogP contribution in [0.25, 0.3) is 0 Å². The van der Waals surface area contributed by atoms with Gasteiger partial charge in [0.2, 0.25) is 5.91 Å². The summed E-state index contributed by atoms with van der Waals surface area (Å²) in [6.45, 7) is 9.41. The van der Waals surface area contributed by atoms with Gasteiger partial charge in [-0.25, -0.2) is 4.99 Å². The first-order valence-corrected chi connectivity index (χ1v) is 7.28. The van der Waals surface area contributed by atoms with Crippen LogP contribution in [-0.4, -0.2) is 30.5 Å². The number of hydrogen-bond donors (Lipinski definition) is 3. The molecular weight excluding hydrogens is 391 g/mol. The van der Waals surface area contributed by atoms with Crippen LogP contribution >= 0.6 is 24.0 Å². The van der Waals surface area contributed by atoms with Crippen molar-refractivity contribution >= 4 is 35.8 Å². The van der Waals surface area contributed by atoms with Gasteiger partial charge >= 0.3 is 0 Å². The summed E-state index contributed by atoms with van der Waals surface area (Å²) in [5.41, 5.74) is 0.909. The highest BCUT2D eigenvalue weighted by molar-refractivity contribution is 14.0. The van der Waals surface area contributed by atoms with Gasteiger partial charge in [-0.2, -0.15) is 0 Å². The number of hydrogen-bond acceptors (Lipinski definition) is 2. The van der Waals surface area contributed by atoms with Gasteiger partial charge < -0.3 is 16.0 Å². The molecule has 0 aliphatic heterocycles. The lowest BCUT2D eigenvalue weighted by molar-refractivity contribution is -0.121. The summed E-state index contributed by atoms with van der Waals surface area (Å²) in [5, 5.41) is 9.08. The van der Waals surface area contributed by atoms with Crippen LogP contribution in [0.15, 0.2) is 35.3 Å². The zero-order valence-electron chi connectivity index (χ0n) is 13.8. The topological polar surface area (TPSA) is 65.5 Å². The molecule has 0 heterocycles. The molecule has 0 atom stereocenters. The minimum absolute atomic E-state index is 0. The maximum Gasteiger partial charge on any atom is 0.239 e. The van der Waals surface area contributed by atoms with Gasteiger partial charge in [-0.3, -0.25) is 4.79 Å². The highest BCUT2D eigenvalue weighted by Crippen LogP contribution is 2.00. The Morgan fingerprint density at radius 3 is 2.32 bits per heavy atom. The first kappa shape index (κ1) is 20.7. The summed E-state index contributed by atoms with van der Waals surface area (Å²) in [6, 6.07) is 10.0. The highest BCUT2D eigenvalue weighted by atomic mass is 127. The Labute approximate surface area is 150 Å². The number of rotatable bonds is 5. The molecule has 5 nitrogen and oxygen atoms in total. The van der Waals surface area contributed by atoms with Crippen LogP contribution in [0.4, 0.5) is 0 Å². The van der Waals surface area contributed by atoms with Gasteiger partial charge in [0.15, 0.2) is 5.96 Å². The quantitative estimate of drug-likeness (QED) is 0.391. The molecule has 0 saturated heterocycles. The van der Waals surface area contributed by atoms with E-state index in [2.05, 4.69) is 20.9 Å². The van der Waals surface area contributed by atoms with E-state index in [4.69, 9.17) is 0 Å². The average molecular weight is 418 g/mol. The van der Waals surface area contributed by atoms with E-state index >= 15 is 0 Å². The van der Waals surface area contributed by atoms with E-state index in [0.717, 1.165) is 12.1 Å². The van der Waals surface area contributed by atoms with Crippen molar-refractivity contribution in [1.82, 2.24) is 16.0 Å². The molecule has 1 aromatic rings. The van der Waals surface area contributed by atoms with Crippen molar-refractivity contribution in [2.24, 2.45) is 4.99 Å². The van der Waals surface area contributed by atoms with Crippen molar-refractivity contribution in [3.05, 3.63) is 35.9 Å². The Morgan fingerprint density at radius 1 is 1.14 bits per heavy atom. The Kier molecular flexibility index (Phi) is 9.80. The van der Waals surface area contributed by atoms with E-state index in [1.54, 1.807) is 0 Å². The zero-order chi connectivity index (χ0) is 15.7. The summed E-state index contributed by atoms with van der Waals surface area (Å²) in [6.07, 6.45) is 0. The van der Waals surface area contributed by atoms with E-state index in [1.165, 1.54) is 0 Å². The number of nitrogens with one attached hydrogen (secondary N) is 3. The van der Waals surface area contributed by atoms with Crippen LogP contribution in [0.5, 0.6) is 0 Å². The molecule has 0 bridgehead atoms. The average Bonchev–Trinajstić information content (AvgIpc) is 2.41. The minimum Gasteiger partial charge on any atom is -0.357 e. The van der Waals surface area contributed by atoms with Crippen molar-refractivity contribution in [2.45, 2.75) is 39.8 Å². The van der Waals surface area contributed by atoms with Crippen LogP contribution in [0, 0.1) is 0 Å². The fraction of sp³-hybridized carbons (Fsp3) is 0.500. The summed E-state index contributed by atoms with van der Waals surface area (Å²) in [4.78, 5) is 16.3. The fourth-order valence-corrected chi connectivity index (χ4v) is 1.72. The highest BCUT2D eigenvalue weighted by Gasteiger charge is 2.13. The SMILES string of the molecule is CCNC(=NCc1ccccc1)NCC(=O)NC(C)(C)C.I. The first-order valence-electron chi connectivity index (χ1n) is 7.28. The van der Waals surface area contributed by atoms with Crippen LogP contribution in [0.1, 0.15) is 33.3 Å². The summed E-state index contributed by atoms with van der Waals surface area (Å²) >= 11 is 0. The molecule has 1 rings (SSSR count). The summed E-state index contributed by atoms with van der Waals surface area (Å²) in [5.74, 6) is 0.596. The number of carbonyl (C=O) groups is 1. The molecule has 124 valence electrons. The lowest BCUT2D eigenvalue weighted by Gasteiger charge is -2.21. The van der Waals surface area contributed by atoms with Gasteiger partial charge in [0.05, 0.1) is 13.1 Å².